The molecule has 0 saturated heterocycles. The Morgan fingerprint density at radius 3 is 2.33 bits per heavy atom. The maximum Gasteiger partial charge on any atom is 0.324 e. The molecule has 0 aliphatic rings. The number of H-pyrrole nitrogens is 1. The van der Waals surface area contributed by atoms with E-state index in [1.54, 1.807) is 0 Å². The summed E-state index contributed by atoms with van der Waals surface area (Å²) in [6.07, 6.45) is -3.77. The zero-order valence-electron chi connectivity index (χ0n) is 11.1. The fourth-order valence-electron chi connectivity index (χ4n) is 1.92. The Hall–Kier alpha value is -1.77. The minimum atomic E-state index is -4.18. The highest BCUT2D eigenvalue weighted by atomic mass is 32.1. The largest absolute Gasteiger partial charge is 0.493 e. The molecule has 2 rings (SSSR count). The van der Waals surface area contributed by atoms with Gasteiger partial charge in [0.25, 0.3) is 0 Å². The maximum atomic E-state index is 13.3. The number of fused-ring (bicyclic) bond motifs is 1. The fraction of sp³-hybridized carbons (Fsp3) is 0.417. The van der Waals surface area contributed by atoms with E-state index in [4.69, 9.17) is 21.7 Å². The molecule has 0 unspecified atom stereocenters. The third-order valence-electron chi connectivity index (χ3n) is 2.97. The van der Waals surface area contributed by atoms with Crippen molar-refractivity contribution in [2.45, 2.75) is 18.9 Å². The molecule has 0 fully saturated rings. The van der Waals surface area contributed by atoms with Crippen LogP contribution in [0.2, 0.25) is 0 Å². The van der Waals surface area contributed by atoms with Gasteiger partial charge in [-0.2, -0.15) is 8.78 Å². The molecule has 0 spiro atoms. The summed E-state index contributed by atoms with van der Waals surface area (Å²) in [5.74, 6) is -3.53. The maximum absolute atomic E-state index is 13.3. The lowest BCUT2D eigenvalue weighted by molar-refractivity contribution is -0.137. The van der Waals surface area contributed by atoms with E-state index in [0.29, 0.717) is 11.3 Å². The van der Waals surface area contributed by atoms with Gasteiger partial charge in [0.05, 0.1) is 31.8 Å². The zero-order valence-corrected chi connectivity index (χ0v) is 11.9. The monoisotopic (exact) mass is 324 g/mol. The van der Waals surface area contributed by atoms with Crippen molar-refractivity contribution in [2.75, 3.05) is 14.2 Å². The number of halogens is 4. The summed E-state index contributed by atoms with van der Waals surface area (Å²) in [7, 11) is 2.79. The molecule has 1 aromatic carbocycles. The van der Waals surface area contributed by atoms with Crippen LogP contribution in [0, 0.1) is 4.77 Å². The van der Waals surface area contributed by atoms with Crippen LogP contribution in [0.1, 0.15) is 0 Å². The lowest BCUT2D eigenvalue weighted by Gasteiger charge is -2.16. The second kappa shape index (κ2) is 5.55. The third-order valence-corrected chi connectivity index (χ3v) is 3.29. The fourth-order valence-corrected chi connectivity index (χ4v) is 2.19. The predicted octanol–water partition coefficient (Wildman–Crippen LogP) is 3.62. The minimum absolute atomic E-state index is 0.0827. The Morgan fingerprint density at radius 1 is 1.24 bits per heavy atom. The standard InChI is InChI=1S/C12H12F4N2O2S/c1-19-8-3-6-7(4-9(8)20-2)18(11(21)17-6)5-12(15,16)10(13)14/h3-4,10H,5H2,1-2H3,(H,17,21). The summed E-state index contributed by atoms with van der Waals surface area (Å²) in [6.45, 7) is -1.22. The Labute approximate surface area is 122 Å². The molecule has 0 aliphatic heterocycles. The van der Waals surface area contributed by atoms with Crippen LogP contribution >= 0.6 is 12.2 Å². The first-order chi connectivity index (χ1) is 9.80. The van der Waals surface area contributed by atoms with Crippen LogP contribution in [0.5, 0.6) is 11.5 Å². The van der Waals surface area contributed by atoms with E-state index >= 15 is 0 Å². The SMILES string of the molecule is COc1cc2[nH]c(=S)n(CC(F)(F)C(F)F)c2cc1OC. The highest BCUT2D eigenvalue weighted by molar-refractivity contribution is 7.71. The van der Waals surface area contributed by atoms with Gasteiger partial charge in [-0.25, -0.2) is 8.78 Å². The molecule has 1 heterocycles. The first-order valence-corrected chi connectivity index (χ1v) is 6.21. The van der Waals surface area contributed by atoms with E-state index in [1.165, 1.54) is 26.4 Å². The highest BCUT2D eigenvalue weighted by Crippen LogP contribution is 2.33. The molecule has 4 nitrogen and oxygen atoms in total. The average molecular weight is 324 g/mol. The van der Waals surface area contributed by atoms with Crippen LogP contribution in [0.25, 0.3) is 11.0 Å². The molecule has 0 bridgehead atoms. The Morgan fingerprint density at radius 2 is 1.81 bits per heavy atom. The van der Waals surface area contributed by atoms with Gasteiger partial charge in [0.2, 0.25) is 0 Å². The van der Waals surface area contributed by atoms with Gasteiger partial charge in [-0.15, -0.1) is 0 Å². The Bertz CT molecular complexity index is 711. The van der Waals surface area contributed by atoms with Crippen LogP contribution in [0.15, 0.2) is 12.1 Å². The Kier molecular flexibility index (Phi) is 4.13. The van der Waals surface area contributed by atoms with Crippen molar-refractivity contribution in [1.29, 1.82) is 0 Å². The van der Waals surface area contributed by atoms with Crippen LogP contribution in [-0.4, -0.2) is 36.1 Å². The molecular formula is C12H12F4N2O2S. The number of aromatic amines is 1. The summed E-state index contributed by atoms with van der Waals surface area (Å²) < 4.78 is 62.2. The van der Waals surface area contributed by atoms with Crippen molar-refractivity contribution in [2.24, 2.45) is 0 Å². The lowest BCUT2D eigenvalue weighted by Crippen LogP contribution is -2.32. The number of alkyl halides is 4. The van der Waals surface area contributed by atoms with Crippen molar-refractivity contribution < 1.29 is 27.0 Å². The number of hydrogen-bond acceptors (Lipinski definition) is 3. The molecule has 1 aromatic heterocycles. The van der Waals surface area contributed by atoms with Crippen LogP contribution < -0.4 is 9.47 Å². The summed E-state index contributed by atoms with van der Waals surface area (Å²) in [5, 5.41) is 0. The number of rotatable bonds is 5. The second-order valence-electron chi connectivity index (χ2n) is 4.30. The molecule has 0 saturated carbocycles. The number of aromatic nitrogens is 2. The topological polar surface area (TPSA) is 39.2 Å². The summed E-state index contributed by atoms with van der Waals surface area (Å²) >= 11 is 4.91. The molecule has 0 aliphatic carbocycles. The zero-order chi connectivity index (χ0) is 15.8. The van der Waals surface area contributed by atoms with Gasteiger partial charge < -0.3 is 19.0 Å². The molecule has 1 N–H and O–H groups in total. The normalized spacial score (nSPS) is 12.1. The number of methoxy groups -OCH3 is 2. The van der Waals surface area contributed by atoms with E-state index in [-0.39, 0.29) is 16.0 Å². The number of nitrogens with one attached hydrogen (secondary N) is 1. The average Bonchev–Trinajstić information content (AvgIpc) is 2.72. The van der Waals surface area contributed by atoms with Gasteiger partial charge in [0.15, 0.2) is 16.3 Å². The first kappa shape index (κ1) is 15.6. The van der Waals surface area contributed by atoms with E-state index < -0.39 is 18.9 Å². The first-order valence-electron chi connectivity index (χ1n) is 5.80. The van der Waals surface area contributed by atoms with Crippen molar-refractivity contribution >= 4 is 23.3 Å². The van der Waals surface area contributed by atoms with Crippen molar-refractivity contribution in [1.82, 2.24) is 9.55 Å². The molecule has 2 aromatic rings. The smallest absolute Gasteiger partial charge is 0.324 e. The van der Waals surface area contributed by atoms with Crippen LogP contribution in [0.3, 0.4) is 0 Å². The van der Waals surface area contributed by atoms with Gasteiger partial charge in [-0.3, -0.25) is 0 Å². The quantitative estimate of drug-likeness (QED) is 0.674. The van der Waals surface area contributed by atoms with Crippen LogP contribution in [0.4, 0.5) is 17.6 Å². The van der Waals surface area contributed by atoms with Crippen LogP contribution in [-0.2, 0) is 6.54 Å². The van der Waals surface area contributed by atoms with Gasteiger partial charge in [0, 0.05) is 12.1 Å². The van der Waals surface area contributed by atoms with E-state index in [1.807, 2.05) is 0 Å². The van der Waals surface area contributed by atoms with Crippen molar-refractivity contribution in [3.8, 4) is 11.5 Å². The van der Waals surface area contributed by atoms with Gasteiger partial charge in [-0.05, 0) is 12.2 Å². The molecule has 0 amide bonds. The number of ether oxygens (including phenoxy) is 2. The van der Waals surface area contributed by atoms with Gasteiger partial charge >= 0.3 is 12.3 Å². The Balaban J connectivity index is 2.59. The summed E-state index contributed by atoms with van der Waals surface area (Å²) in [5.41, 5.74) is 0.626. The number of benzene rings is 1. The van der Waals surface area contributed by atoms with Crippen molar-refractivity contribution in [3.05, 3.63) is 16.9 Å². The molecule has 0 atom stereocenters. The highest BCUT2D eigenvalue weighted by Gasteiger charge is 2.41. The molecular weight excluding hydrogens is 312 g/mol. The van der Waals surface area contributed by atoms with Crippen molar-refractivity contribution in [3.63, 3.8) is 0 Å². The molecule has 116 valence electrons. The molecule has 0 radical (unpaired) electrons. The lowest BCUT2D eigenvalue weighted by atomic mass is 10.2. The number of imidazole rings is 1. The number of hydrogen-bond donors (Lipinski definition) is 1. The molecule has 9 heteroatoms. The second-order valence-corrected chi connectivity index (χ2v) is 4.69. The minimum Gasteiger partial charge on any atom is -0.493 e. The summed E-state index contributed by atoms with van der Waals surface area (Å²) in [6, 6.07) is 2.91. The van der Waals surface area contributed by atoms with E-state index in [9.17, 15) is 17.6 Å². The third kappa shape index (κ3) is 2.82. The predicted molar refractivity (Wildman–Crippen MR) is 71.2 cm³/mol. The molecule has 21 heavy (non-hydrogen) atoms. The summed E-state index contributed by atoms with van der Waals surface area (Å²) in [4.78, 5) is 2.68. The van der Waals surface area contributed by atoms with Gasteiger partial charge in [-0.1, -0.05) is 0 Å². The van der Waals surface area contributed by atoms with Gasteiger partial charge in [0.1, 0.15) is 0 Å². The van der Waals surface area contributed by atoms with E-state index in [0.717, 1.165) is 4.57 Å². The number of nitrogens with zero attached hydrogens (tertiary/aromatic N) is 1. The van der Waals surface area contributed by atoms with E-state index in [2.05, 4.69) is 4.98 Å².